The molecule has 6 nitrogen and oxygen atoms in total. The molecule has 1 amide bonds. The van der Waals surface area contributed by atoms with E-state index in [1.807, 2.05) is 31.4 Å². The summed E-state index contributed by atoms with van der Waals surface area (Å²) in [5.74, 6) is 2.12. The van der Waals surface area contributed by atoms with Crippen molar-refractivity contribution in [1.82, 2.24) is 14.8 Å². The molecule has 0 spiro atoms. The van der Waals surface area contributed by atoms with Crippen molar-refractivity contribution in [2.24, 2.45) is 23.7 Å². The SMILES string of the molecule is CN1CC(C(=O)Nc2c[nH]c3ccc(OCC[C@@H]4C[C@@H]5CN(CC(F)(F)F)C[C@@H]5C4)cc23)C1. The summed E-state index contributed by atoms with van der Waals surface area (Å²) in [6, 6.07) is 5.82. The van der Waals surface area contributed by atoms with E-state index in [2.05, 4.69) is 15.2 Å². The van der Waals surface area contributed by atoms with Crippen molar-refractivity contribution in [1.29, 1.82) is 0 Å². The van der Waals surface area contributed by atoms with Crippen LogP contribution >= 0.6 is 0 Å². The molecule has 2 N–H and O–H groups in total. The molecule has 3 atom stereocenters. The van der Waals surface area contributed by atoms with Crippen LogP contribution in [0.4, 0.5) is 18.9 Å². The molecule has 33 heavy (non-hydrogen) atoms. The number of fused-ring (bicyclic) bond motifs is 2. The lowest BCUT2D eigenvalue weighted by Gasteiger charge is -2.34. The number of hydrogen-bond donors (Lipinski definition) is 2. The van der Waals surface area contributed by atoms with Gasteiger partial charge in [0.1, 0.15) is 5.75 Å². The van der Waals surface area contributed by atoms with Crippen molar-refractivity contribution >= 4 is 22.5 Å². The Balaban J connectivity index is 1.10. The lowest BCUT2D eigenvalue weighted by Crippen LogP contribution is -2.49. The first kappa shape index (κ1) is 22.5. The fourth-order valence-corrected chi connectivity index (χ4v) is 5.88. The van der Waals surface area contributed by atoms with E-state index in [1.54, 1.807) is 4.90 Å². The van der Waals surface area contributed by atoms with Gasteiger partial charge in [0.05, 0.1) is 24.8 Å². The van der Waals surface area contributed by atoms with Crippen LogP contribution in [0.15, 0.2) is 24.4 Å². The Labute approximate surface area is 191 Å². The summed E-state index contributed by atoms with van der Waals surface area (Å²) < 4.78 is 43.9. The lowest BCUT2D eigenvalue weighted by molar-refractivity contribution is -0.144. The van der Waals surface area contributed by atoms with Gasteiger partial charge in [-0.25, -0.2) is 0 Å². The van der Waals surface area contributed by atoms with E-state index in [-0.39, 0.29) is 11.8 Å². The van der Waals surface area contributed by atoms with Gasteiger partial charge >= 0.3 is 6.18 Å². The van der Waals surface area contributed by atoms with Crippen LogP contribution in [0.2, 0.25) is 0 Å². The highest BCUT2D eigenvalue weighted by atomic mass is 19.4. The molecule has 2 aliphatic heterocycles. The number of halogens is 3. The van der Waals surface area contributed by atoms with E-state index in [4.69, 9.17) is 4.74 Å². The zero-order valence-corrected chi connectivity index (χ0v) is 18.8. The van der Waals surface area contributed by atoms with E-state index >= 15 is 0 Å². The molecule has 180 valence electrons. The summed E-state index contributed by atoms with van der Waals surface area (Å²) in [4.78, 5) is 19.3. The highest BCUT2D eigenvalue weighted by molar-refractivity contribution is 6.03. The number of benzene rings is 1. The number of aromatic nitrogens is 1. The van der Waals surface area contributed by atoms with Crippen molar-refractivity contribution in [3.8, 4) is 5.75 Å². The average molecular weight is 465 g/mol. The maximum atomic E-state index is 12.6. The Bertz CT molecular complexity index is 987. The molecule has 3 heterocycles. The Morgan fingerprint density at radius 2 is 1.91 bits per heavy atom. The monoisotopic (exact) mass is 464 g/mol. The second-order valence-electron chi connectivity index (χ2n) is 10.1. The molecule has 2 aromatic rings. The van der Waals surface area contributed by atoms with Crippen molar-refractivity contribution in [2.75, 3.05) is 51.7 Å². The summed E-state index contributed by atoms with van der Waals surface area (Å²) >= 11 is 0. The number of carbonyl (C=O) groups is 1. The zero-order valence-electron chi connectivity index (χ0n) is 18.8. The van der Waals surface area contributed by atoms with E-state index in [0.29, 0.717) is 37.5 Å². The smallest absolute Gasteiger partial charge is 0.401 e. The van der Waals surface area contributed by atoms with Crippen LogP contribution in [0.3, 0.4) is 0 Å². The van der Waals surface area contributed by atoms with Crippen LogP contribution < -0.4 is 10.1 Å². The van der Waals surface area contributed by atoms with E-state index in [0.717, 1.165) is 54.7 Å². The standard InChI is InChI=1S/C24H31F3N4O2/c1-30-10-18(11-30)23(32)29-22-9-28-21-3-2-19(8-20(21)22)33-5-4-15-6-16-12-31(13-17(16)7-15)14-24(25,26)27/h2-3,8-9,15-18,28H,4-7,10-14H2,1H3,(H,29,32)/t15-,16-,17+. The van der Waals surface area contributed by atoms with Crippen molar-refractivity contribution in [2.45, 2.75) is 25.4 Å². The van der Waals surface area contributed by atoms with Gasteiger partial charge in [-0.2, -0.15) is 13.2 Å². The molecule has 3 aliphatic rings. The van der Waals surface area contributed by atoms with Gasteiger partial charge in [0.15, 0.2) is 0 Å². The van der Waals surface area contributed by atoms with Gasteiger partial charge in [-0.15, -0.1) is 0 Å². The molecular weight excluding hydrogens is 433 g/mol. The summed E-state index contributed by atoms with van der Waals surface area (Å²) in [5.41, 5.74) is 1.71. The number of ether oxygens (including phenoxy) is 1. The van der Waals surface area contributed by atoms with E-state index in [1.165, 1.54) is 0 Å². The first-order valence-corrected chi connectivity index (χ1v) is 11.8. The van der Waals surface area contributed by atoms with Gasteiger partial charge < -0.3 is 19.9 Å². The predicted molar refractivity (Wildman–Crippen MR) is 120 cm³/mol. The van der Waals surface area contributed by atoms with Gasteiger partial charge in [0, 0.05) is 43.3 Å². The third-order valence-electron chi connectivity index (χ3n) is 7.47. The number of rotatable bonds is 7. The van der Waals surface area contributed by atoms with Gasteiger partial charge in [0.25, 0.3) is 0 Å². The first-order chi connectivity index (χ1) is 15.7. The number of aromatic amines is 1. The van der Waals surface area contributed by atoms with Gasteiger partial charge in [-0.3, -0.25) is 9.69 Å². The molecule has 1 aromatic carbocycles. The van der Waals surface area contributed by atoms with Gasteiger partial charge in [-0.1, -0.05) is 0 Å². The van der Waals surface area contributed by atoms with Crippen molar-refractivity contribution in [3.63, 3.8) is 0 Å². The Hall–Kier alpha value is -2.26. The third-order valence-corrected chi connectivity index (χ3v) is 7.47. The van der Waals surface area contributed by atoms with Crippen molar-refractivity contribution in [3.05, 3.63) is 24.4 Å². The molecule has 0 bridgehead atoms. The Morgan fingerprint density at radius 1 is 1.18 bits per heavy atom. The molecule has 0 radical (unpaired) electrons. The molecule has 5 rings (SSSR count). The highest BCUT2D eigenvalue weighted by Crippen LogP contribution is 2.43. The second kappa shape index (κ2) is 8.83. The summed E-state index contributed by atoms with van der Waals surface area (Å²) in [7, 11) is 2.00. The minimum Gasteiger partial charge on any atom is -0.494 e. The fourth-order valence-electron chi connectivity index (χ4n) is 5.88. The maximum absolute atomic E-state index is 12.6. The average Bonchev–Trinajstić information content (AvgIpc) is 3.37. The predicted octanol–water partition coefficient (Wildman–Crippen LogP) is 3.96. The molecule has 0 unspecified atom stereocenters. The van der Waals surface area contributed by atoms with Crippen molar-refractivity contribution < 1.29 is 22.7 Å². The number of hydrogen-bond acceptors (Lipinski definition) is 4. The number of likely N-dealkylation sites (tertiary alicyclic amines) is 2. The fraction of sp³-hybridized carbons (Fsp3) is 0.625. The molecule has 1 saturated carbocycles. The normalized spacial score (nSPS) is 26.5. The maximum Gasteiger partial charge on any atom is 0.401 e. The van der Waals surface area contributed by atoms with Crippen LogP contribution in [-0.2, 0) is 4.79 Å². The quantitative estimate of drug-likeness (QED) is 0.651. The van der Waals surface area contributed by atoms with Crippen LogP contribution in [0.25, 0.3) is 10.9 Å². The molecule has 2 saturated heterocycles. The summed E-state index contributed by atoms with van der Waals surface area (Å²) in [5, 5.41) is 3.95. The number of anilines is 1. The molecule has 9 heteroatoms. The lowest BCUT2D eigenvalue weighted by atomic mass is 10.0. The number of alkyl halides is 3. The van der Waals surface area contributed by atoms with Gasteiger partial charge in [-0.05, 0) is 62.3 Å². The zero-order chi connectivity index (χ0) is 23.2. The Kier molecular flexibility index (Phi) is 6.03. The molecule has 3 fully saturated rings. The van der Waals surface area contributed by atoms with Crippen LogP contribution in [-0.4, -0.2) is 73.2 Å². The first-order valence-electron chi connectivity index (χ1n) is 11.8. The number of nitrogens with one attached hydrogen (secondary N) is 2. The number of amides is 1. The number of carbonyl (C=O) groups excluding carboxylic acids is 1. The summed E-state index contributed by atoms with van der Waals surface area (Å²) in [6.45, 7) is 2.50. The largest absolute Gasteiger partial charge is 0.494 e. The minimum absolute atomic E-state index is 0.0332. The molecule has 1 aliphatic carbocycles. The highest BCUT2D eigenvalue weighted by Gasteiger charge is 2.43. The number of nitrogens with zero attached hydrogens (tertiary/aromatic N) is 2. The van der Waals surface area contributed by atoms with Crippen LogP contribution in [0.5, 0.6) is 5.75 Å². The van der Waals surface area contributed by atoms with Crippen LogP contribution in [0, 0.1) is 23.7 Å². The summed E-state index contributed by atoms with van der Waals surface area (Å²) in [6.07, 6.45) is 0.602. The molecular formula is C24H31F3N4O2. The molecule has 1 aromatic heterocycles. The van der Waals surface area contributed by atoms with Crippen LogP contribution in [0.1, 0.15) is 19.3 Å². The minimum atomic E-state index is -4.11. The third kappa shape index (κ3) is 5.14. The second-order valence-corrected chi connectivity index (χ2v) is 10.1. The van der Waals surface area contributed by atoms with Gasteiger partial charge in [0.2, 0.25) is 5.91 Å². The van der Waals surface area contributed by atoms with E-state index < -0.39 is 12.7 Å². The Morgan fingerprint density at radius 3 is 2.58 bits per heavy atom. The number of H-pyrrole nitrogens is 1. The topological polar surface area (TPSA) is 60.6 Å². The van der Waals surface area contributed by atoms with E-state index in [9.17, 15) is 18.0 Å².